The van der Waals surface area contributed by atoms with Gasteiger partial charge in [-0.2, -0.15) is 0 Å². The topological polar surface area (TPSA) is 66.6 Å². The second kappa shape index (κ2) is 6.34. The van der Waals surface area contributed by atoms with E-state index in [0.717, 1.165) is 0 Å². The molecule has 20 heavy (non-hydrogen) atoms. The molecule has 0 unspecified atom stereocenters. The molecule has 1 aromatic heterocycles. The first-order chi connectivity index (χ1) is 9.62. The first-order valence-electron chi connectivity index (χ1n) is 5.89. The van der Waals surface area contributed by atoms with Crippen LogP contribution in [0.4, 0.5) is 5.82 Å². The molecule has 0 atom stereocenters. The molecule has 2 aromatic rings. The van der Waals surface area contributed by atoms with Crippen LogP contribution < -0.4 is 19.9 Å². The summed E-state index contributed by atoms with van der Waals surface area (Å²) in [6, 6.07) is 8.60. The number of hydrogen-bond donors (Lipinski definition) is 1. The molecule has 0 aliphatic carbocycles. The Morgan fingerprint density at radius 3 is 2.25 bits per heavy atom. The molecule has 0 saturated heterocycles. The summed E-state index contributed by atoms with van der Waals surface area (Å²) in [6.45, 7) is 0.209. The van der Waals surface area contributed by atoms with Crippen LogP contribution in [0, 0.1) is 0 Å². The van der Waals surface area contributed by atoms with E-state index in [-0.39, 0.29) is 6.61 Å². The molecule has 0 fully saturated rings. The lowest BCUT2D eigenvalue weighted by atomic mass is 10.3. The van der Waals surface area contributed by atoms with Crippen LogP contribution in [0.3, 0.4) is 0 Å². The number of nitrogens with two attached hydrogens (primary N) is 1. The zero-order valence-electron chi connectivity index (χ0n) is 11.2. The number of methoxy groups -OCH3 is 2. The number of anilines is 1. The van der Waals surface area contributed by atoms with Crippen molar-refractivity contribution >= 4 is 17.4 Å². The van der Waals surface area contributed by atoms with E-state index >= 15 is 0 Å². The molecular weight excluding hydrogens is 280 g/mol. The fraction of sp³-hybridized carbons (Fsp3) is 0.214. The smallest absolute Gasteiger partial charge is 0.132 e. The average Bonchev–Trinajstić information content (AvgIpc) is 2.47. The van der Waals surface area contributed by atoms with E-state index in [1.807, 2.05) is 0 Å². The number of hydrogen-bond acceptors (Lipinski definition) is 5. The summed E-state index contributed by atoms with van der Waals surface area (Å²) < 4.78 is 16.0. The third-order valence-corrected chi connectivity index (χ3v) is 2.98. The Balaban J connectivity index is 2.16. The molecule has 5 nitrogen and oxygen atoms in total. The van der Waals surface area contributed by atoms with Crippen LogP contribution in [-0.4, -0.2) is 19.2 Å². The molecule has 1 aromatic carbocycles. The lowest BCUT2D eigenvalue weighted by Gasteiger charge is -2.11. The van der Waals surface area contributed by atoms with Gasteiger partial charge in [0.1, 0.15) is 29.7 Å². The third-order valence-electron chi connectivity index (χ3n) is 2.64. The summed E-state index contributed by atoms with van der Waals surface area (Å²) in [5.74, 6) is 2.29. The van der Waals surface area contributed by atoms with Crippen molar-refractivity contribution < 1.29 is 14.2 Å². The molecule has 2 rings (SSSR count). The SMILES string of the molecule is COc1cc(OC)cc(OCc2nc(N)ccc2Cl)c1. The number of benzene rings is 1. The van der Waals surface area contributed by atoms with Gasteiger partial charge < -0.3 is 19.9 Å². The number of nitrogens with zero attached hydrogens (tertiary/aromatic N) is 1. The Bertz CT molecular complexity index is 583. The molecule has 0 bridgehead atoms. The lowest BCUT2D eigenvalue weighted by molar-refractivity contribution is 0.296. The first kappa shape index (κ1) is 14.3. The van der Waals surface area contributed by atoms with Crippen LogP contribution in [0.1, 0.15) is 5.69 Å². The van der Waals surface area contributed by atoms with Crippen LogP contribution >= 0.6 is 11.6 Å². The highest BCUT2D eigenvalue weighted by Gasteiger charge is 2.06. The minimum Gasteiger partial charge on any atom is -0.496 e. The van der Waals surface area contributed by atoms with Gasteiger partial charge in [0.2, 0.25) is 0 Å². The van der Waals surface area contributed by atoms with Crippen molar-refractivity contribution in [1.82, 2.24) is 4.98 Å². The molecule has 0 spiro atoms. The van der Waals surface area contributed by atoms with E-state index < -0.39 is 0 Å². The molecule has 0 aliphatic heterocycles. The van der Waals surface area contributed by atoms with Crippen molar-refractivity contribution in [2.45, 2.75) is 6.61 Å². The van der Waals surface area contributed by atoms with Crippen molar-refractivity contribution in [3.05, 3.63) is 41.0 Å². The molecule has 0 radical (unpaired) electrons. The van der Waals surface area contributed by atoms with Gasteiger partial charge in [-0.3, -0.25) is 0 Å². The molecule has 0 amide bonds. The second-order valence-corrected chi connectivity index (χ2v) is 4.41. The zero-order valence-corrected chi connectivity index (χ0v) is 12.0. The standard InChI is InChI=1S/C14H15ClN2O3/c1-18-9-5-10(19-2)7-11(6-9)20-8-13-12(15)3-4-14(16)17-13/h3-7H,8H2,1-2H3,(H2,16,17). The van der Waals surface area contributed by atoms with E-state index in [0.29, 0.717) is 33.8 Å². The third kappa shape index (κ3) is 3.45. The highest BCUT2D eigenvalue weighted by Crippen LogP contribution is 2.28. The van der Waals surface area contributed by atoms with E-state index in [1.54, 1.807) is 44.6 Å². The van der Waals surface area contributed by atoms with Crippen molar-refractivity contribution in [3.63, 3.8) is 0 Å². The Morgan fingerprint density at radius 1 is 1.05 bits per heavy atom. The van der Waals surface area contributed by atoms with Crippen molar-refractivity contribution in [2.24, 2.45) is 0 Å². The number of halogens is 1. The van der Waals surface area contributed by atoms with Gasteiger partial charge in [-0.15, -0.1) is 0 Å². The van der Waals surface area contributed by atoms with Gasteiger partial charge in [-0.25, -0.2) is 4.98 Å². The second-order valence-electron chi connectivity index (χ2n) is 4.00. The van der Waals surface area contributed by atoms with Gasteiger partial charge in [0.05, 0.1) is 24.9 Å². The van der Waals surface area contributed by atoms with Gasteiger partial charge in [0, 0.05) is 18.2 Å². The summed E-state index contributed by atoms with van der Waals surface area (Å²) in [5.41, 5.74) is 6.20. The molecular formula is C14H15ClN2O3. The van der Waals surface area contributed by atoms with Crippen LogP contribution in [0.15, 0.2) is 30.3 Å². The number of ether oxygens (including phenoxy) is 3. The average molecular weight is 295 g/mol. The van der Waals surface area contributed by atoms with E-state index in [4.69, 9.17) is 31.5 Å². The molecule has 106 valence electrons. The molecule has 6 heteroatoms. The predicted molar refractivity (Wildman–Crippen MR) is 77.5 cm³/mol. The highest BCUT2D eigenvalue weighted by atomic mass is 35.5. The summed E-state index contributed by atoms with van der Waals surface area (Å²) in [4.78, 5) is 4.13. The molecule has 0 saturated carbocycles. The summed E-state index contributed by atoms with van der Waals surface area (Å²) in [7, 11) is 3.16. The fourth-order valence-corrected chi connectivity index (χ4v) is 1.78. The number of pyridine rings is 1. The van der Waals surface area contributed by atoms with Crippen molar-refractivity contribution in [2.75, 3.05) is 20.0 Å². The van der Waals surface area contributed by atoms with Crippen molar-refractivity contribution in [1.29, 1.82) is 0 Å². The van der Waals surface area contributed by atoms with Gasteiger partial charge in [-0.05, 0) is 12.1 Å². The normalized spacial score (nSPS) is 10.2. The lowest BCUT2D eigenvalue weighted by Crippen LogP contribution is -2.02. The molecule has 2 N–H and O–H groups in total. The number of rotatable bonds is 5. The van der Waals surface area contributed by atoms with Gasteiger partial charge >= 0.3 is 0 Å². The number of nitrogen functional groups attached to an aromatic ring is 1. The number of aromatic nitrogens is 1. The molecule has 1 heterocycles. The van der Waals surface area contributed by atoms with E-state index in [2.05, 4.69) is 4.98 Å². The van der Waals surface area contributed by atoms with Crippen LogP contribution in [0.2, 0.25) is 5.02 Å². The van der Waals surface area contributed by atoms with Gasteiger partial charge in [0.25, 0.3) is 0 Å². The monoisotopic (exact) mass is 294 g/mol. The maximum atomic E-state index is 6.03. The fourth-order valence-electron chi connectivity index (χ4n) is 1.62. The Kier molecular flexibility index (Phi) is 4.53. The quantitative estimate of drug-likeness (QED) is 0.918. The zero-order chi connectivity index (χ0) is 14.5. The van der Waals surface area contributed by atoms with Crippen LogP contribution in [0.5, 0.6) is 17.2 Å². The minimum absolute atomic E-state index is 0.209. The van der Waals surface area contributed by atoms with E-state index in [9.17, 15) is 0 Å². The van der Waals surface area contributed by atoms with Crippen LogP contribution in [0.25, 0.3) is 0 Å². The summed E-state index contributed by atoms with van der Waals surface area (Å²) in [5, 5.41) is 0.508. The largest absolute Gasteiger partial charge is 0.496 e. The van der Waals surface area contributed by atoms with Gasteiger partial charge in [0.15, 0.2) is 0 Å². The van der Waals surface area contributed by atoms with E-state index in [1.165, 1.54) is 0 Å². The highest BCUT2D eigenvalue weighted by molar-refractivity contribution is 6.31. The van der Waals surface area contributed by atoms with Gasteiger partial charge in [-0.1, -0.05) is 11.6 Å². The maximum absolute atomic E-state index is 6.03. The summed E-state index contributed by atoms with van der Waals surface area (Å²) >= 11 is 6.03. The maximum Gasteiger partial charge on any atom is 0.132 e. The predicted octanol–water partition coefficient (Wildman–Crippen LogP) is 2.91. The Labute approximate surface area is 122 Å². The Hall–Kier alpha value is -2.14. The molecule has 0 aliphatic rings. The summed E-state index contributed by atoms with van der Waals surface area (Å²) in [6.07, 6.45) is 0. The minimum atomic E-state index is 0.209. The first-order valence-corrected chi connectivity index (χ1v) is 6.27. The van der Waals surface area contributed by atoms with Crippen molar-refractivity contribution in [3.8, 4) is 17.2 Å². The Morgan fingerprint density at radius 2 is 1.65 bits per heavy atom. The van der Waals surface area contributed by atoms with Crippen LogP contribution in [-0.2, 0) is 6.61 Å².